The molecule has 1 aliphatic rings. The molecule has 0 aliphatic heterocycles. The molecular formula is C24H26N2O5. The SMILES string of the molecule is CN(C)c1ccc(CC2Cc3ccccc3C2)cc1/C(O)=C(\C=O)C(=O)NCC(=O)O. The molecule has 2 aromatic rings. The van der Waals surface area contributed by atoms with E-state index in [1.54, 1.807) is 25.1 Å². The zero-order chi connectivity index (χ0) is 22.5. The lowest BCUT2D eigenvalue weighted by Gasteiger charge is -2.20. The van der Waals surface area contributed by atoms with Gasteiger partial charge in [-0.05, 0) is 54.0 Å². The molecular weight excluding hydrogens is 396 g/mol. The van der Waals surface area contributed by atoms with Gasteiger partial charge in [-0.3, -0.25) is 14.4 Å². The van der Waals surface area contributed by atoms with Gasteiger partial charge in [0, 0.05) is 25.3 Å². The molecule has 7 heteroatoms. The number of nitrogens with zero attached hydrogens (tertiary/aromatic N) is 1. The minimum atomic E-state index is -1.24. The molecule has 0 atom stereocenters. The maximum atomic E-state index is 12.2. The molecule has 3 N–H and O–H groups in total. The van der Waals surface area contributed by atoms with E-state index in [2.05, 4.69) is 17.4 Å². The fourth-order valence-corrected chi connectivity index (χ4v) is 4.03. The average Bonchev–Trinajstić information content (AvgIpc) is 3.14. The van der Waals surface area contributed by atoms with Gasteiger partial charge in [0.15, 0.2) is 6.29 Å². The molecule has 0 saturated heterocycles. The van der Waals surface area contributed by atoms with E-state index in [4.69, 9.17) is 5.11 Å². The second-order valence-electron chi connectivity index (χ2n) is 7.95. The molecule has 0 saturated carbocycles. The fraction of sp³-hybridized carbons (Fsp3) is 0.292. The van der Waals surface area contributed by atoms with Gasteiger partial charge in [0.1, 0.15) is 17.9 Å². The molecule has 31 heavy (non-hydrogen) atoms. The number of anilines is 1. The summed E-state index contributed by atoms with van der Waals surface area (Å²) in [7, 11) is 3.59. The average molecular weight is 422 g/mol. The van der Waals surface area contributed by atoms with Crippen LogP contribution in [-0.2, 0) is 33.6 Å². The highest BCUT2D eigenvalue weighted by Crippen LogP contribution is 2.32. The molecule has 0 aromatic heterocycles. The van der Waals surface area contributed by atoms with Crippen molar-refractivity contribution in [3.63, 3.8) is 0 Å². The van der Waals surface area contributed by atoms with E-state index in [1.807, 2.05) is 24.3 Å². The Kier molecular flexibility index (Phi) is 6.74. The Morgan fingerprint density at radius 2 is 1.74 bits per heavy atom. The fourth-order valence-electron chi connectivity index (χ4n) is 4.03. The van der Waals surface area contributed by atoms with Crippen molar-refractivity contribution in [2.24, 2.45) is 5.92 Å². The predicted molar refractivity (Wildman–Crippen MR) is 118 cm³/mol. The van der Waals surface area contributed by atoms with Crippen LogP contribution in [-0.4, -0.2) is 49.0 Å². The summed E-state index contributed by atoms with van der Waals surface area (Å²) in [6.45, 7) is -0.647. The number of hydrogen-bond acceptors (Lipinski definition) is 5. The van der Waals surface area contributed by atoms with Gasteiger partial charge < -0.3 is 20.4 Å². The Morgan fingerprint density at radius 3 is 2.29 bits per heavy atom. The van der Waals surface area contributed by atoms with Crippen molar-refractivity contribution in [3.05, 3.63) is 70.3 Å². The van der Waals surface area contributed by atoms with Crippen molar-refractivity contribution >= 4 is 29.6 Å². The lowest BCUT2D eigenvalue weighted by atomic mass is 9.94. The van der Waals surface area contributed by atoms with Gasteiger partial charge in [0.25, 0.3) is 5.91 Å². The van der Waals surface area contributed by atoms with Gasteiger partial charge in [-0.15, -0.1) is 0 Å². The first-order chi connectivity index (χ1) is 14.8. The summed E-state index contributed by atoms with van der Waals surface area (Å²) in [5.41, 5.74) is 4.19. The molecule has 0 radical (unpaired) electrons. The minimum Gasteiger partial charge on any atom is -0.506 e. The Labute approximate surface area is 181 Å². The Bertz CT molecular complexity index is 1020. The summed E-state index contributed by atoms with van der Waals surface area (Å²) < 4.78 is 0. The highest BCUT2D eigenvalue weighted by molar-refractivity contribution is 6.16. The van der Waals surface area contributed by atoms with Gasteiger partial charge in [-0.2, -0.15) is 0 Å². The van der Waals surface area contributed by atoms with E-state index in [9.17, 15) is 19.5 Å². The first-order valence-corrected chi connectivity index (χ1v) is 10.1. The van der Waals surface area contributed by atoms with E-state index in [0.717, 1.165) is 24.8 Å². The minimum absolute atomic E-state index is 0.242. The second-order valence-corrected chi connectivity index (χ2v) is 7.95. The molecule has 0 bridgehead atoms. The topological polar surface area (TPSA) is 107 Å². The first kappa shape index (κ1) is 22.1. The highest BCUT2D eigenvalue weighted by atomic mass is 16.4. The number of aliphatic hydroxyl groups excluding tert-OH is 1. The van der Waals surface area contributed by atoms with Crippen LogP contribution >= 0.6 is 0 Å². The first-order valence-electron chi connectivity index (χ1n) is 10.1. The second kappa shape index (κ2) is 9.47. The van der Waals surface area contributed by atoms with Gasteiger partial charge in [-0.1, -0.05) is 30.3 Å². The summed E-state index contributed by atoms with van der Waals surface area (Å²) in [5.74, 6) is -2.22. The number of aliphatic carboxylic acids is 1. The number of amides is 1. The number of benzene rings is 2. The normalized spacial score (nSPS) is 13.9. The van der Waals surface area contributed by atoms with E-state index >= 15 is 0 Å². The van der Waals surface area contributed by atoms with Crippen molar-refractivity contribution in [2.45, 2.75) is 19.3 Å². The Morgan fingerprint density at radius 1 is 1.10 bits per heavy atom. The molecule has 0 heterocycles. The van der Waals surface area contributed by atoms with E-state index in [0.29, 0.717) is 17.2 Å². The summed E-state index contributed by atoms with van der Waals surface area (Å²) in [6.07, 6.45) is 3.01. The maximum absolute atomic E-state index is 12.2. The lowest BCUT2D eigenvalue weighted by Crippen LogP contribution is -2.31. The third-order valence-electron chi connectivity index (χ3n) is 5.48. The van der Waals surface area contributed by atoms with Gasteiger partial charge in [0.05, 0.1) is 0 Å². The molecule has 1 aliphatic carbocycles. The van der Waals surface area contributed by atoms with Crippen LogP contribution in [0.25, 0.3) is 5.76 Å². The number of carboxylic acid groups (broad SMARTS) is 1. The van der Waals surface area contributed by atoms with Crippen LogP contribution in [0.2, 0.25) is 0 Å². The van der Waals surface area contributed by atoms with Crippen LogP contribution in [0, 0.1) is 5.92 Å². The number of aldehydes is 1. The molecule has 162 valence electrons. The van der Waals surface area contributed by atoms with Gasteiger partial charge in [-0.25, -0.2) is 0 Å². The zero-order valence-electron chi connectivity index (χ0n) is 17.6. The Balaban J connectivity index is 1.90. The number of carbonyl (C=O) groups is 3. The van der Waals surface area contributed by atoms with Crippen molar-refractivity contribution in [2.75, 3.05) is 25.5 Å². The molecule has 3 rings (SSSR count). The van der Waals surface area contributed by atoms with Crippen molar-refractivity contribution in [3.8, 4) is 0 Å². The zero-order valence-corrected chi connectivity index (χ0v) is 17.6. The molecule has 1 amide bonds. The van der Waals surface area contributed by atoms with Crippen LogP contribution in [0.1, 0.15) is 22.3 Å². The third-order valence-corrected chi connectivity index (χ3v) is 5.48. The molecule has 0 fully saturated rings. The molecule has 0 spiro atoms. The van der Waals surface area contributed by atoms with Crippen molar-refractivity contribution < 1.29 is 24.6 Å². The van der Waals surface area contributed by atoms with E-state index < -0.39 is 29.8 Å². The smallest absolute Gasteiger partial charge is 0.322 e. The Hall–Kier alpha value is -3.61. The molecule has 2 aromatic carbocycles. The summed E-state index contributed by atoms with van der Waals surface area (Å²) in [5, 5.41) is 21.6. The van der Waals surface area contributed by atoms with E-state index in [-0.39, 0.29) is 6.29 Å². The van der Waals surface area contributed by atoms with E-state index in [1.165, 1.54) is 11.1 Å². The van der Waals surface area contributed by atoms with Crippen molar-refractivity contribution in [1.82, 2.24) is 5.32 Å². The van der Waals surface area contributed by atoms with Gasteiger partial charge in [0.2, 0.25) is 0 Å². The number of aliphatic hydroxyl groups is 1. The number of carboxylic acids is 1. The van der Waals surface area contributed by atoms with Crippen LogP contribution in [0.5, 0.6) is 0 Å². The summed E-state index contributed by atoms with van der Waals surface area (Å²) in [6, 6.07) is 14.0. The number of carbonyl (C=O) groups excluding carboxylic acids is 2. The highest BCUT2D eigenvalue weighted by Gasteiger charge is 2.23. The number of hydrogen-bond donors (Lipinski definition) is 3. The van der Waals surface area contributed by atoms with Crippen LogP contribution in [0.15, 0.2) is 48.0 Å². The van der Waals surface area contributed by atoms with Crippen LogP contribution < -0.4 is 10.2 Å². The monoisotopic (exact) mass is 422 g/mol. The maximum Gasteiger partial charge on any atom is 0.322 e. The van der Waals surface area contributed by atoms with Gasteiger partial charge >= 0.3 is 5.97 Å². The molecule has 7 nitrogen and oxygen atoms in total. The van der Waals surface area contributed by atoms with Crippen LogP contribution in [0.3, 0.4) is 0 Å². The third kappa shape index (κ3) is 5.12. The van der Waals surface area contributed by atoms with Crippen molar-refractivity contribution in [1.29, 1.82) is 0 Å². The molecule has 0 unspecified atom stereocenters. The summed E-state index contributed by atoms with van der Waals surface area (Å²) in [4.78, 5) is 36.2. The number of rotatable bonds is 8. The summed E-state index contributed by atoms with van der Waals surface area (Å²) >= 11 is 0. The quantitative estimate of drug-likeness (QED) is 0.198. The number of nitrogens with one attached hydrogen (secondary N) is 1. The lowest BCUT2D eigenvalue weighted by molar-refractivity contribution is -0.137. The standard InChI is InChI=1S/C24H26N2O5/c1-26(2)21-8-7-15(9-16-10-17-5-3-4-6-18(17)11-16)12-19(21)23(30)20(14-27)24(31)25-13-22(28)29/h3-8,12,14,16,30H,9-11,13H2,1-2H3,(H,25,31)(H,28,29)/b23-20-. The number of fused-ring (bicyclic) bond motifs is 1. The van der Waals surface area contributed by atoms with Crippen LogP contribution in [0.4, 0.5) is 5.69 Å². The largest absolute Gasteiger partial charge is 0.506 e. The predicted octanol–water partition coefficient (Wildman–Crippen LogP) is 2.38.